The number of nitrogens with one attached hydrogen (secondary N) is 1. The van der Waals surface area contributed by atoms with Gasteiger partial charge in [0.2, 0.25) is 5.91 Å². The summed E-state index contributed by atoms with van der Waals surface area (Å²) < 4.78 is 40.4. The summed E-state index contributed by atoms with van der Waals surface area (Å²) in [5, 5.41) is 3.03. The molecule has 26 heavy (non-hydrogen) atoms. The highest BCUT2D eigenvalue weighted by Crippen LogP contribution is 2.30. The SMILES string of the molecule is Cc1oc2ccc(OCC(F)F)cc2c1C(=O)NC1(C(N)=O)CCOC1. The molecule has 2 aromatic rings. The highest BCUT2D eigenvalue weighted by atomic mass is 19.3. The van der Waals surface area contributed by atoms with Crippen LogP contribution in [0.25, 0.3) is 11.0 Å². The van der Waals surface area contributed by atoms with E-state index < -0.39 is 30.4 Å². The third-order valence-electron chi connectivity index (χ3n) is 4.28. The maximum Gasteiger partial charge on any atom is 0.272 e. The van der Waals surface area contributed by atoms with Gasteiger partial charge in [-0.05, 0) is 25.1 Å². The van der Waals surface area contributed by atoms with Crippen molar-refractivity contribution in [1.82, 2.24) is 5.32 Å². The maximum absolute atomic E-state index is 12.8. The van der Waals surface area contributed by atoms with E-state index in [1.54, 1.807) is 6.92 Å². The van der Waals surface area contributed by atoms with E-state index in [1.807, 2.05) is 0 Å². The van der Waals surface area contributed by atoms with Crippen molar-refractivity contribution in [3.63, 3.8) is 0 Å². The lowest BCUT2D eigenvalue weighted by Crippen LogP contribution is -2.58. The lowest BCUT2D eigenvalue weighted by atomic mass is 9.97. The number of rotatable bonds is 6. The molecular formula is C17H18F2N2O5. The molecule has 2 heterocycles. The summed E-state index contributed by atoms with van der Waals surface area (Å²) in [5.41, 5.74) is 4.73. The highest BCUT2D eigenvalue weighted by molar-refractivity contribution is 6.09. The van der Waals surface area contributed by atoms with Gasteiger partial charge in [0.1, 0.15) is 29.2 Å². The maximum atomic E-state index is 12.8. The Bertz CT molecular complexity index is 843. The fourth-order valence-corrected chi connectivity index (χ4v) is 2.93. The van der Waals surface area contributed by atoms with Crippen molar-refractivity contribution in [2.24, 2.45) is 5.73 Å². The van der Waals surface area contributed by atoms with Gasteiger partial charge in [-0.2, -0.15) is 0 Å². The number of alkyl halides is 2. The Hall–Kier alpha value is -2.68. The first-order chi connectivity index (χ1) is 12.3. The van der Waals surface area contributed by atoms with Gasteiger partial charge in [-0.15, -0.1) is 0 Å². The number of benzene rings is 1. The molecule has 1 unspecified atom stereocenters. The number of primary amides is 1. The second-order valence-corrected chi connectivity index (χ2v) is 6.10. The van der Waals surface area contributed by atoms with Crippen molar-refractivity contribution in [2.45, 2.75) is 25.3 Å². The Kier molecular flexibility index (Phi) is 4.82. The number of carbonyl (C=O) groups is 2. The number of fused-ring (bicyclic) bond motifs is 1. The number of hydrogen-bond donors (Lipinski definition) is 2. The zero-order chi connectivity index (χ0) is 18.9. The van der Waals surface area contributed by atoms with Gasteiger partial charge in [-0.1, -0.05) is 0 Å². The number of furan rings is 1. The zero-order valence-electron chi connectivity index (χ0n) is 14.0. The number of carbonyl (C=O) groups excluding carboxylic acids is 2. The van der Waals surface area contributed by atoms with Crippen molar-refractivity contribution in [3.05, 3.63) is 29.5 Å². The number of aryl methyl sites for hydroxylation is 1. The first kappa shape index (κ1) is 18.1. The molecule has 3 rings (SSSR count). The lowest BCUT2D eigenvalue weighted by Gasteiger charge is -2.24. The first-order valence-corrected chi connectivity index (χ1v) is 7.97. The molecule has 2 amide bonds. The van der Waals surface area contributed by atoms with Crippen molar-refractivity contribution in [1.29, 1.82) is 0 Å². The van der Waals surface area contributed by atoms with Crippen LogP contribution in [0.1, 0.15) is 22.5 Å². The molecule has 0 bridgehead atoms. The summed E-state index contributed by atoms with van der Waals surface area (Å²) in [4.78, 5) is 24.6. The summed E-state index contributed by atoms with van der Waals surface area (Å²) in [5.74, 6) is -0.741. The van der Waals surface area contributed by atoms with Gasteiger partial charge in [0.25, 0.3) is 12.3 Å². The Labute approximate surface area is 147 Å². The fourth-order valence-electron chi connectivity index (χ4n) is 2.93. The molecule has 0 radical (unpaired) electrons. The number of hydrogen-bond acceptors (Lipinski definition) is 5. The molecule has 1 aliphatic rings. The second-order valence-electron chi connectivity index (χ2n) is 6.10. The monoisotopic (exact) mass is 368 g/mol. The minimum Gasteiger partial charge on any atom is -0.488 e. The molecule has 140 valence electrons. The first-order valence-electron chi connectivity index (χ1n) is 7.97. The molecule has 1 atom stereocenters. The lowest BCUT2D eigenvalue weighted by molar-refractivity contribution is -0.124. The van der Waals surface area contributed by atoms with Gasteiger partial charge in [0, 0.05) is 18.4 Å². The highest BCUT2D eigenvalue weighted by Gasteiger charge is 2.43. The topological polar surface area (TPSA) is 104 Å². The van der Waals surface area contributed by atoms with E-state index in [4.69, 9.17) is 19.6 Å². The minimum atomic E-state index is -2.61. The van der Waals surface area contributed by atoms with Crippen LogP contribution in [0, 0.1) is 6.92 Å². The molecule has 0 spiro atoms. The number of halogens is 2. The number of nitrogens with two attached hydrogens (primary N) is 1. The minimum absolute atomic E-state index is 0.00828. The predicted octanol–water partition coefficient (Wildman–Crippen LogP) is 1.76. The average Bonchev–Trinajstić information content (AvgIpc) is 3.16. The van der Waals surface area contributed by atoms with Crippen molar-refractivity contribution >= 4 is 22.8 Å². The third kappa shape index (κ3) is 3.34. The number of amides is 2. The van der Waals surface area contributed by atoms with Crippen molar-refractivity contribution < 1.29 is 32.3 Å². The van der Waals surface area contributed by atoms with Crippen LogP contribution >= 0.6 is 0 Å². The molecule has 3 N–H and O–H groups in total. The van der Waals surface area contributed by atoms with E-state index in [9.17, 15) is 18.4 Å². The van der Waals surface area contributed by atoms with Crippen LogP contribution in [0.2, 0.25) is 0 Å². The molecule has 9 heteroatoms. The van der Waals surface area contributed by atoms with Crippen LogP contribution in [0.5, 0.6) is 5.75 Å². The molecule has 7 nitrogen and oxygen atoms in total. The predicted molar refractivity (Wildman–Crippen MR) is 87.3 cm³/mol. The molecule has 1 aromatic heterocycles. The van der Waals surface area contributed by atoms with E-state index in [2.05, 4.69) is 5.32 Å². The molecule has 0 aliphatic carbocycles. The molecule has 1 saturated heterocycles. The van der Waals surface area contributed by atoms with Crippen LogP contribution in [-0.2, 0) is 9.53 Å². The zero-order valence-corrected chi connectivity index (χ0v) is 14.0. The third-order valence-corrected chi connectivity index (χ3v) is 4.28. The van der Waals surface area contributed by atoms with Gasteiger partial charge in [0.05, 0.1) is 12.2 Å². The van der Waals surface area contributed by atoms with Crippen LogP contribution in [0.15, 0.2) is 22.6 Å². The molecule has 1 aliphatic heterocycles. The Morgan fingerprint density at radius 1 is 1.42 bits per heavy atom. The number of ether oxygens (including phenoxy) is 2. The van der Waals surface area contributed by atoms with E-state index in [0.29, 0.717) is 23.3 Å². The smallest absolute Gasteiger partial charge is 0.272 e. The Balaban J connectivity index is 1.92. The molecular weight excluding hydrogens is 350 g/mol. The summed E-state index contributed by atoms with van der Waals surface area (Å²) in [6, 6.07) is 4.46. The van der Waals surface area contributed by atoms with E-state index in [0.717, 1.165) is 0 Å². The quantitative estimate of drug-likeness (QED) is 0.809. The van der Waals surface area contributed by atoms with E-state index >= 15 is 0 Å². The molecule has 1 aromatic carbocycles. The average molecular weight is 368 g/mol. The summed E-state index contributed by atoms with van der Waals surface area (Å²) in [6.07, 6.45) is -2.34. The van der Waals surface area contributed by atoms with Gasteiger partial charge < -0.3 is 24.9 Å². The molecule has 1 fully saturated rings. The Morgan fingerprint density at radius 2 is 2.19 bits per heavy atom. The van der Waals surface area contributed by atoms with E-state index in [-0.39, 0.29) is 24.3 Å². The standard InChI is InChI=1S/C17H18F2N2O5/c1-9-14(15(22)21-17(16(20)23)4-5-24-8-17)11-6-10(25-7-13(18)19)2-3-12(11)26-9/h2-3,6,13H,4-5,7-8H2,1H3,(H2,20,23)(H,21,22). The second kappa shape index (κ2) is 6.91. The van der Waals surface area contributed by atoms with Crippen molar-refractivity contribution in [2.75, 3.05) is 19.8 Å². The van der Waals surface area contributed by atoms with E-state index in [1.165, 1.54) is 18.2 Å². The van der Waals surface area contributed by atoms with Crippen LogP contribution in [0.4, 0.5) is 8.78 Å². The summed E-state index contributed by atoms with van der Waals surface area (Å²) >= 11 is 0. The fraction of sp³-hybridized carbons (Fsp3) is 0.412. The van der Waals surface area contributed by atoms with Crippen LogP contribution in [-0.4, -0.2) is 43.6 Å². The van der Waals surface area contributed by atoms with Gasteiger partial charge in [0.15, 0.2) is 0 Å². The normalized spacial score (nSPS) is 19.8. The van der Waals surface area contributed by atoms with Crippen LogP contribution in [0.3, 0.4) is 0 Å². The van der Waals surface area contributed by atoms with Crippen molar-refractivity contribution in [3.8, 4) is 5.75 Å². The summed E-state index contributed by atoms with van der Waals surface area (Å²) in [7, 11) is 0. The Morgan fingerprint density at radius 3 is 2.81 bits per heavy atom. The van der Waals surface area contributed by atoms with Gasteiger partial charge >= 0.3 is 0 Å². The van der Waals surface area contributed by atoms with Crippen LogP contribution < -0.4 is 15.8 Å². The van der Waals surface area contributed by atoms with Gasteiger partial charge in [-0.25, -0.2) is 8.78 Å². The van der Waals surface area contributed by atoms with Gasteiger partial charge in [-0.3, -0.25) is 9.59 Å². The largest absolute Gasteiger partial charge is 0.488 e. The summed E-state index contributed by atoms with van der Waals surface area (Å²) in [6.45, 7) is 1.13. The molecule has 0 saturated carbocycles.